The summed E-state index contributed by atoms with van der Waals surface area (Å²) < 4.78 is 0. The van der Waals surface area contributed by atoms with E-state index in [1.165, 1.54) is 44.9 Å². The summed E-state index contributed by atoms with van der Waals surface area (Å²) in [5.74, 6) is 1.42. The van der Waals surface area contributed by atoms with Gasteiger partial charge >= 0.3 is 0 Å². The molecule has 0 radical (unpaired) electrons. The lowest BCUT2D eigenvalue weighted by molar-refractivity contribution is -0.0534. The molecule has 2 aliphatic rings. The summed E-state index contributed by atoms with van der Waals surface area (Å²) in [6.07, 6.45) is 9.52. The second-order valence-corrected chi connectivity index (χ2v) is 6.72. The predicted octanol–water partition coefficient (Wildman–Crippen LogP) is 3.75. The number of fused-ring (bicyclic) bond motifs is 1. The van der Waals surface area contributed by atoms with Gasteiger partial charge in [0.05, 0.1) is 5.60 Å². The Morgan fingerprint density at radius 1 is 1.13 bits per heavy atom. The van der Waals surface area contributed by atoms with Crippen molar-refractivity contribution in [2.24, 2.45) is 17.3 Å². The van der Waals surface area contributed by atoms with E-state index in [9.17, 15) is 5.11 Å². The molecule has 0 spiro atoms. The summed E-state index contributed by atoms with van der Waals surface area (Å²) in [4.78, 5) is 0. The molecule has 0 amide bonds. The first-order valence-corrected chi connectivity index (χ1v) is 6.64. The summed E-state index contributed by atoms with van der Waals surface area (Å²) in [7, 11) is 0. The molecule has 15 heavy (non-hydrogen) atoms. The van der Waals surface area contributed by atoms with E-state index in [1.807, 2.05) is 13.8 Å². The van der Waals surface area contributed by atoms with Crippen molar-refractivity contribution in [1.29, 1.82) is 0 Å². The minimum absolute atomic E-state index is 0.460. The minimum Gasteiger partial charge on any atom is -0.390 e. The summed E-state index contributed by atoms with van der Waals surface area (Å²) in [6, 6.07) is 0. The number of hydrogen-bond donors (Lipinski definition) is 1. The van der Waals surface area contributed by atoms with Crippen LogP contribution in [0.4, 0.5) is 0 Å². The van der Waals surface area contributed by atoms with Gasteiger partial charge in [-0.1, -0.05) is 19.8 Å². The van der Waals surface area contributed by atoms with Crippen molar-refractivity contribution in [3.8, 4) is 0 Å². The molecule has 1 heteroatoms. The molecule has 3 atom stereocenters. The summed E-state index contributed by atoms with van der Waals surface area (Å²) >= 11 is 0. The Balaban J connectivity index is 2.05. The van der Waals surface area contributed by atoms with Crippen LogP contribution in [0, 0.1) is 17.3 Å². The summed E-state index contributed by atoms with van der Waals surface area (Å²) in [5, 5.41) is 10.1. The lowest BCUT2D eigenvalue weighted by atomic mass is 9.56. The average molecular weight is 210 g/mol. The first kappa shape index (κ1) is 11.4. The van der Waals surface area contributed by atoms with Crippen molar-refractivity contribution in [3.05, 3.63) is 0 Å². The van der Waals surface area contributed by atoms with E-state index >= 15 is 0 Å². The Morgan fingerprint density at radius 2 is 1.87 bits per heavy atom. The van der Waals surface area contributed by atoms with Gasteiger partial charge in [-0.15, -0.1) is 0 Å². The largest absolute Gasteiger partial charge is 0.390 e. The third-order valence-corrected chi connectivity index (χ3v) is 5.17. The van der Waals surface area contributed by atoms with Crippen LogP contribution < -0.4 is 0 Å². The zero-order chi connectivity index (χ0) is 11.1. The van der Waals surface area contributed by atoms with Crippen molar-refractivity contribution in [3.63, 3.8) is 0 Å². The topological polar surface area (TPSA) is 20.2 Å². The fourth-order valence-electron chi connectivity index (χ4n) is 3.81. The maximum absolute atomic E-state index is 10.1. The Labute approximate surface area is 94.3 Å². The van der Waals surface area contributed by atoms with Crippen LogP contribution in [0.1, 0.15) is 65.7 Å². The Bertz CT molecular complexity index is 228. The van der Waals surface area contributed by atoms with E-state index in [4.69, 9.17) is 0 Å². The standard InChI is InChI=1S/C14H26O/c1-13(2,15)11-7-9-14(3)8-5-4-6-12(14)10-11/h11-12,15H,4-10H2,1-3H3/t11-,12+,14-/m1/s1. The van der Waals surface area contributed by atoms with Gasteiger partial charge < -0.3 is 5.11 Å². The monoisotopic (exact) mass is 210 g/mol. The Morgan fingerprint density at radius 3 is 2.53 bits per heavy atom. The molecule has 0 aromatic heterocycles. The van der Waals surface area contributed by atoms with Crippen LogP contribution in [0.2, 0.25) is 0 Å². The lowest BCUT2D eigenvalue weighted by Gasteiger charge is -2.50. The van der Waals surface area contributed by atoms with Crippen LogP contribution in [-0.2, 0) is 0 Å². The maximum atomic E-state index is 10.1. The molecule has 2 fully saturated rings. The van der Waals surface area contributed by atoms with E-state index in [0.29, 0.717) is 11.3 Å². The van der Waals surface area contributed by atoms with E-state index in [0.717, 1.165) is 5.92 Å². The zero-order valence-electron chi connectivity index (χ0n) is 10.6. The first-order valence-electron chi connectivity index (χ1n) is 6.64. The highest BCUT2D eigenvalue weighted by molar-refractivity contribution is 4.95. The molecule has 88 valence electrons. The fourth-order valence-corrected chi connectivity index (χ4v) is 3.81. The maximum Gasteiger partial charge on any atom is 0.0619 e. The van der Waals surface area contributed by atoms with Crippen LogP contribution in [0.5, 0.6) is 0 Å². The van der Waals surface area contributed by atoms with Crippen molar-refractivity contribution < 1.29 is 5.11 Å². The van der Waals surface area contributed by atoms with Gasteiger partial charge in [0.15, 0.2) is 0 Å². The number of rotatable bonds is 1. The SMILES string of the molecule is CC(C)(O)[C@@H]1CC[C@@]2(C)CCCC[C@H]2C1. The predicted molar refractivity (Wildman–Crippen MR) is 63.7 cm³/mol. The van der Waals surface area contributed by atoms with Gasteiger partial charge in [-0.2, -0.15) is 0 Å². The molecule has 0 aromatic carbocycles. The fraction of sp³-hybridized carbons (Fsp3) is 1.00. The van der Waals surface area contributed by atoms with Crippen LogP contribution in [0.25, 0.3) is 0 Å². The van der Waals surface area contributed by atoms with Crippen molar-refractivity contribution in [2.45, 2.75) is 71.3 Å². The van der Waals surface area contributed by atoms with E-state index in [2.05, 4.69) is 6.92 Å². The molecule has 2 saturated carbocycles. The number of aliphatic hydroxyl groups is 1. The van der Waals surface area contributed by atoms with Crippen molar-refractivity contribution in [2.75, 3.05) is 0 Å². The third-order valence-electron chi connectivity index (χ3n) is 5.17. The molecule has 0 heterocycles. The van der Waals surface area contributed by atoms with Crippen LogP contribution in [0.15, 0.2) is 0 Å². The van der Waals surface area contributed by atoms with Crippen LogP contribution >= 0.6 is 0 Å². The van der Waals surface area contributed by atoms with Gasteiger partial charge in [0.1, 0.15) is 0 Å². The highest BCUT2D eigenvalue weighted by Gasteiger charge is 2.44. The van der Waals surface area contributed by atoms with Gasteiger partial charge in [0.2, 0.25) is 0 Å². The van der Waals surface area contributed by atoms with E-state index in [-0.39, 0.29) is 0 Å². The number of hydrogen-bond acceptors (Lipinski definition) is 1. The molecule has 0 aliphatic heterocycles. The van der Waals surface area contributed by atoms with Gasteiger partial charge in [-0.05, 0) is 63.2 Å². The molecule has 1 nitrogen and oxygen atoms in total. The van der Waals surface area contributed by atoms with E-state index < -0.39 is 5.60 Å². The second-order valence-electron chi connectivity index (χ2n) is 6.72. The first-order chi connectivity index (χ1) is 6.92. The molecule has 1 N–H and O–H groups in total. The van der Waals surface area contributed by atoms with Gasteiger partial charge in [0.25, 0.3) is 0 Å². The zero-order valence-corrected chi connectivity index (χ0v) is 10.6. The third kappa shape index (κ3) is 2.22. The molecule has 2 rings (SSSR count). The molecular weight excluding hydrogens is 184 g/mol. The highest BCUT2D eigenvalue weighted by atomic mass is 16.3. The molecule has 0 saturated heterocycles. The second kappa shape index (κ2) is 3.76. The Kier molecular flexibility index (Phi) is 2.87. The highest BCUT2D eigenvalue weighted by Crippen LogP contribution is 2.53. The van der Waals surface area contributed by atoms with Crippen LogP contribution in [-0.4, -0.2) is 10.7 Å². The normalized spacial score (nSPS) is 42.4. The van der Waals surface area contributed by atoms with Gasteiger partial charge in [-0.3, -0.25) is 0 Å². The molecule has 0 aromatic rings. The summed E-state index contributed by atoms with van der Waals surface area (Å²) in [5.41, 5.74) is 0.152. The molecular formula is C14H26O. The molecule has 0 unspecified atom stereocenters. The molecule has 0 bridgehead atoms. The van der Waals surface area contributed by atoms with Crippen LogP contribution in [0.3, 0.4) is 0 Å². The van der Waals surface area contributed by atoms with Gasteiger partial charge in [0, 0.05) is 0 Å². The summed E-state index contributed by atoms with van der Waals surface area (Å²) in [6.45, 7) is 6.46. The molecule has 2 aliphatic carbocycles. The van der Waals surface area contributed by atoms with Crippen molar-refractivity contribution in [1.82, 2.24) is 0 Å². The average Bonchev–Trinajstić information content (AvgIpc) is 2.14. The smallest absolute Gasteiger partial charge is 0.0619 e. The van der Waals surface area contributed by atoms with E-state index in [1.54, 1.807) is 0 Å². The minimum atomic E-state index is -0.460. The van der Waals surface area contributed by atoms with Crippen molar-refractivity contribution >= 4 is 0 Å². The Hall–Kier alpha value is -0.0400. The quantitative estimate of drug-likeness (QED) is 0.699. The lowest BCUT2D eigenvalue weighted by Crippen LogP contribution is -2.43. The van der Waals surface area contributed by atoms with Gasteiger partial charge in [-0.25, -0.2) is 0 Å².